The molecule has 15 heavy (non-hydrogen) atoms. The molecule has 0 aliphatic heterocycles. The summed E-state index contributed by atoms with van der Waals surface area (Å²) in [6.45, 7) is 5.23. The van der Waals surface area contributed by atoms with Crippen molar-refractivity contribution in [3.63, 3.8) is 0 Å². The van der Waals surface area contributed by atoms with Crippen molar-refractivity contribution in [3.8, 4) is 0 Å². The third kappa shape index (κ3) is 2.71. The minimum absolute atomic E-state index is 0.880. The standard InChI is InChI=1S/C13H20N2/c1-10-7-8-13(11(2)15-10)14-9-12-5-3-4-6-12/h7-8,12,14H,3-6,9H2,1-2H3. The van der Waals surface area contributed by atoms with E-state index in [1.165, 1.54) is 31.4 Å². The number of pyridine rings is 1. The van der Waals surface area contributed by atoms with Gasteiger partial charge in [0.25, 0.3) is 0 Å². The third-order valence-corrected chi connectivity index (χ3v) is 3.28. The van der Waals surface area contributed by atoms with Crippen LogP contribution in [0.3, 0.4) is 0 Å². The molecule has 1 fully saturated rings. The Hall–Kier alpha value is -1.05. The number of anilines is 1. The first kappa shape index (κ1) is 10.5. The molecule has 0 spiro atoms. The number of hydrogen-bond acceptors (Lipinski definition) is 2. The summed E-state index contributed by atoms with van der Waals surface area (Å²) >= 11 is 0. The fourth-order valence-electron chi connectivity index (χ4n) is 2.34. The van der Waals surface area contributed by atoms with E-state index >= 15 is 0 Å². The summed E-state index contributed by atoms with van der Waals surface area (Å²) in [6, 6.07) is 4.22. The fraction of sp³-hybridized carbons (Fsp3) is 0.615. The van der Waals surface area contributed by atoms with E-state index in [0.29, 0.717) is 0 Å². The van der Waals surface area contributed by atoms with Gasteiger partial charge >= 0.3 is 0 Å². The summed E-state index contributed by atoms with van der Waals surface area (Å²) in [5, 5.41) is 3.52. The monoisotopic (exact) mass is 204 g/mol. The molecule has 2 rings (SSSR count). The van der Waals surface area contributed by atoms with Gasteiger partial charge in [-0.05, 0) is 44.7 Å². The SMILES string of the molecule is Cc1ccc(NCC2CCCC2)c(C)n1. The van der Waals surface area contributed by atoms with Crippen LogP contribution in [-0.4, -0.2) is 11.5 Å². The molecule has 2 nitrogen and oxygen atoms in total. The van der Waals surface area contributed by atoms with E-state index < -0.39 is 0 Å². The number of nitrogens with one attached hydrogen (secondary N) is 1. The minimum Gasteiger partial charge on any atom is -0.383 e. The normalized spacial score (nSPS) is 16.9. The van der Waals surface area contributed by atoms with Gasteiger partial charge in [0.15, 0.2) is 0 Å². The highest BCUT2D eigenvalue weighted by Crippen LogP contribution is 2.25. The number of aromatic nitrogens is 1. The molecular weight excluding hydrogens is 184 g/mol. The second-order valence-electron chi connectivity index (χ2n) is 4.62. The molecule has 1 N–H and O–H groups in total. The summed E-state index contributed by atoms with van der Waals surface area (Å²) in [7, 11) is 0. The molecule has 0 saturated heterocycles. The van der Waals surface area contributed by atoms with E-state index in [-0.39, 0.29) is 0 Å². The van der Waals surface area contributed by atoms with Gasteiger partial charge in [-0.25, -0.2) is 0 Å². The Labute approximate surface area is 92.1 Å². The predicted molar refractivity (Wildman–Crippen MR) is 64.2 cm³/mol. The molecule has 0 bridgehead atoms. The zero-order valence-corrected chi connectivity index (χ0v) is 9.71. The van der Waals surface area contributed by atoms with Gasteiger partial charge in [0.05, 0.1) is 11.4 Å². The molecule has 0 amide bonds. The van der Waals surface area contributed by atoms with Crippen molar-refractivity contribution in [1.29, 1.82) is 0 Å². The average Bonchev–Trinajstić information content (AvgIpc) is 2.69. The summed E-state index contributed by atoms with van der Waals surface area (Å²) in [5.74, 6) is 0.880. The third-order valence-electron chi connectivity index (χ3n) is 3.28. The quantitative estimate of drug-likeness (QED) is 0.817. The van der Waals surface area contributed by atoms with Crippen molar-refractivity contribution in [3.05, 3.63) is 23.5 Å². The van der Waals surface area contributed by atoms with E-state index in [2.05, 4.69) is 29.4 Å². The lowest BCUT2D eigenvalue weighted by molar-refractivity contribution is 0.579. The van der Waals surface area contributed by atoms with Gasteiger partial charge in [0.1, 0.15) is 0 Å². The molecule has 82 valence electrons. The molecular formula is C13H20N2. The maximum Gasteiger partial charge on any atom is 0.0606 e. The Bertz CT molecular complexity index is 327. The zero-order chi connectivity index (χ0) is 10.7. The average molecular weight is 204 g/mol. The Morgan fingerprint density at radius 1 is 1.27 bits per heavy atom. The molecule has 0 radical (unpaired) electrons. The van der Waals surface area contributed by atoms with Crippen LogP contribution in [0.4, 0.5) is 5.69 Å². The van der Waals surface area contributed by atoms with Gasteiger partial charge in [0.2, 0.25) is 0 Å². The first-order valence-electron chi connectivity index (χ1n) is 5.94. The number of hydrogen-bond donors (Lipinski definition) is 1. The fourth-order valence-corrected chi connectivity index (χ4v) is 2.34. The van der Waals surface area contributed by atoms with Gasteiger partial charge in [-0.1, -0.05) is 12.8 Å². The lowest BCUT2D eigenvalue weighted by atomic mass is 10.1. The van der Waals surface area contributed by atoms with E-state index in [1.54, 1.807) is 0 Å². The molecule has 1 aliphatic carbocycles. The highest BCUT2D eigenvalue weighted by Gasteiger charge is 2.14. The number of aryl methyl sites for hydroxylation is 2. The van der Waals surface area contributed by atoms with Crippen LogP contribution in [0.1, 0.15) is 37.1 Å². The van der Waals surface area contributed by atoms with Crippen molar-refractivity contribution >= 4 is 5.69 Å². The molecule has 1 aromatic heterocycles. The smallest absolute Gasteiger partial charge is 0.0606 e. The van der Waals surface area contributed by atoms with E-state index in [0.717, 1.165) is 23.9 Å². The lowest BCUT2D eigenvalue weighted by Gasteiger charge is -2.13. The van der Waals surface area contributed by atoms with Crippen LogP contribution in [0.25, 0.3) is 0 Å². The summed E-state index contributed by atoms with van der Waals surface area (Å²) in [6.07, 6.45) is 5.62. The highest BCUT2D eigenvalue weighted by molar-refractivity contribution is 5.47. The summed E-state index contributed by atoms with van der Waals surface area (Å²) in [5.41, 5.74) is 3.42. The molecule has 1 aromatic rings. The van der Waals surface area contributed by atoms with Gasteiger partial charge in [0, 0.05) is 12.2 Å². The van der Waals surface area contributed by atoms with E-state index in [1.807, 2.05) is 6.92 Å². The van der Waals surface area contributed by atoms with Crippen LogP contribution in [0.2, 0.25) is 0 Å². The Morgan fingerprint density at radius 2 is 2.00 bits per heavy atom. The van der Waals surface area contributed by atoms with Crippen molar-refractivity contribution in [2.45, 2.75) is 39.5 Å². The van der Waals surface area contributed by atoms with E-state index in [4.69, 9.17) is 0 Å². The van der Waals surface area contributed by atoms with Crippen LogP contribution >= 0.6 is 0 Å². The van der Waals surface area contributed by atoms with Crippen LogP contribution in [-0.2, 0) is 0 Å². The van der Waals surface area contributed by atoms with Crippen LogP contribution in [0, 0.1) is 19.8 Å². The molecule has 0 unspecified atom stereocenters. The molecule has 2 heteroatoms. The molecule has 1 heterocycles. The van der Waals surface area contributed by atoms with E-state index in [9.17, 15) is 0 Å². The predicted octanol–water partition coefficient (Wildman–Crippen LogP) is 3.30. The topological polar surface area (TPSA) is 24.9 Å². The Balaban J connectivity index is 1.92. The largest absolute Gasteiger partial charge is 0.383 e. The van der Waals surface area contributed by atoms with Crippen molar-refractivity contribution in [2.24, 2.45) is 5.92 Å². The van der Waals surface area contributed by atoms with Crippen LogP contribution < -0.4 is 5.32 Å². The van der Waals surface area contributed by atoms with Crippen LogP contribution in [0.5, 0.6) is 0 Å². The number of nitrogens with zero attached hydrogens (tertiary/aromatic N) is 1. The van der Waals surface area contributed by atoms with Crippen LogP contribution in [0.15, 0.2) is 12.1 Å². The van der Waals surface area contributed by atoms with Crippen molar-refractivity contribution in [2.75, 3.05) is 11.9 Å². The van der Waals surface area contributed by atoms with Gasteiger partial charge in [-0.15, -0.1) is 0 Å². The first-order valence-corrected chi connectivity index (χ1v) is 5.94. The van der Waals surface area contributed by atoms with Crippen molar-refractivity contribution in [1.82, 2.24) is 4.98 Å². The molecule has 0 aromatic carbocycles. The molecule has 1 saturated carbocycles. The van der Waals surface area contributed by atoms with Gasteiger partial charge in [-0.3, -0.25) is 4.98 Å². The molecule has 0 atom stereocenters. The number of rotatable bonds is 3. The second kappa shape index (κ2) is 4.65. The summed E-state index contributed by atoms with van der Waals surface area (Å²) < 4.78 is 0. The van der Waals surface area contributed by atoms with Gasteiger partial charge < -0.3 is 5.32 Å². The van der Waals surface area contributed by atoms with Crippen molar-refractivity contribution < 1.29 is 0 Å². The maximum atomic E-state index is 4.46. The first-order chi connectivity index (χ1) is 7.25. The Morgan fingerprint density at radius 3 is 2.67 bits per heavy atom. The van der Waals surface area contributed by atoms with Gasteiger partial charge in [-0.2, -0.15) is 0 Å². The Kier molecular flexibility index (Phi) is 3.24. The molecule has 1 aliphatic rings. The zero-order valence-electron chi connectivity index (χ0n) is 9.71. The maximum absolute atomic E-state index is 4.46. The highest BCUT2D eigenvalue weighted by atomic mass is 14.9. The lowest BCUT2D eigenvalue weighted by Crippen LogP contribution is -2.12. The minimum atomic E-state index is 0.880. The second-order valence-corrected chi connectivity index (χ2v) is 4.62. The summed E-state index contributed by atoms with van der Waals surface area (Å²) in [4.78, 5) is 4.46.